The summed E-state index contributed by atoms with van der Waals surface area (Å²) in [4.78, 5) is 141. The Balaban J connectivity index is 1.27. The van der Waals surface area contributed by atoms with Gasteiger partial charge in [-0.3, -0.25) is 85.9 Å². The summed E-state index contributed by atoms with van der Waals surface area (Å²) >= 11 is 0. The van der Waals surface area contributed by atoms with E-state index in [1.807, 2.05) is 10.9 Å². The Bertz CT molecular complexity index is 3060. The Labute approximate surface area is 608 Å². The molecule has 0 bridgehead atoms. The molecule has 0 radical (unpaired) electrons. The van der Waals surface area contributed by atoms with Crippen molar-refractivity contribution >= 4 is 65.0 Å². The molecule has 0 spiro atoms. The number of hydrogen-bond acceptors (Lipinski definition) is 36. The number of ether oxygens (including phenoxy) is 12. The molecule has 6 aliphatic heterocycles. The molecule has 0 saturated carbocycles. The summed E-state index contributed by atoms with van der Waals surface area (Å²) in [5.74, 6) is -5.78. The van der Waals surface area contributed by atoms with Gasteiger partial charge in [0.1, 0.15) is 122 Å². The fourth-order valence-electron chi connectivity index (χ4n) is 12.2. The Hall–Kier alpha value is -7.09. The zero-order valence-electron chi connectivity index (χ0n) is 58.6. The van der Waals surface area contributed by atoms with Gasteiger partial charge in [0.15, 0.2) is 49.8 Å². The van der Waals surface area contributed by atoms with Gasteiger partial charge in [0, 0.05) is 59.1 Å². The number of rotatable bonds is 31. The Morgan fingerprint density at radius 3 is 1.07 bits per heavy atom. The Kier molecular flexibility index (Phi) is 34.1. The predicted molar refractivity (Wildman–Crippen MR) is 342 cm³/mol. The first-order chi connectivity index (χ1) is 50.5. The number of hydrazine groups is 4. The van der Waals surface area contributed by atoms with E-state index in [4.69, 9.17) is 62.7 Å². The number of aliphatic hydroxyl groups excluding tert-OH is 12. The first-order valence-corrected chi connectivity index (χ1v) is 33.7. The molecule has 47 nitrogen and oxygen atoms in total. The third kappa shape index (κ3) is 23.2. The average Bonchev–Trinajstić information content (AvgIpc) is 0.777. The Morgan fingerprint density at radius 2 is 0.710 bits per heavy atom. The topological polar surface area (TPSA) is 708 Å². The van der Waals surface area contributed by atoms with Gasteiger partial charge in [-0.25, -0.2) is 10.6 Å². The largest absolute Gasteiger partial charge is 0.479 e. The van der Waals surface area contributed by atoms with E-state index in [0.29, 0.717) is 0 Å². The van der Waals surface area contributed by atoms with Crippen molar-refractivity contribution in [3.05, 3.63) is 12.2 Å². The monoisotopic (exact) mass is 1550 g/mol. The van der Waals surface area contributed by atoms with Crippen LogP contribution >= 0.6 is 0 Å². The fourth-order valence-corrected chi connectivity index (χ4v) is 12.2. The molecule has 6 rings (SSSR count). The summed E-state index contributed by atoms with van der Waals surface area (Å²) in [5.41, 5.74) is 14.6. The molecule has 107 heavy (non-hydrogen) atoms. The van der Waals surface area contributed by atoms with Crippen molar-refractivity contribution in [2.24, 2.45) is 5.84 Å². The maximum atomic E-state index is 14.6. The standard InChI is InChI=1S/C60H97N11O36/c1-19(2)52(91)69-66-28(79)14-10-11-15-30(81)67-70-53(92)49-46(96-7)37(85)40(88)58(105-49)101-44-32(63-22(5)76)56(98-25(17-73)35(44)83)103-47-38(86)41(89)59(106-50(47)54(93)71-68-29(80)13-9-8-12-27(78)65-61)102-45-33(64-23(6)77)57(99-26(18-74)36(45)84)104-48-39(87)42(90)60(107-51(48)55(94)95)100-43-31(62-21(4)75)20(3)97-24(16-72)34(43)82/h20,24-26,31-51,56-60,72-74,82-90H,1,8-18,61H2,2-7H3,(H,62,75)(H,63,76)(H,64,77)(H,65,78)(H,66,79)(H,67,81)(H,68,80)(H,69,91)(H,70,92)(H,71,93)(H,94,95). The van der Waals surface area contributed by atoms with E-state index in [2.05, 4.69) is 49.7 Å². The molecule has 10 amide bonds. The second kappa shape index (κ2) is 41.1. The van der Waals surface area contributed by atoms with Crippen LogP contribution in [0.2, 0.25) is 0 Å². The summed E-state index contributed by atoms with van der Waals surface area (Å²) in [6, 6.07) is -5.32. The van der Waals surface area contributed by atoms with Gasteiger partial charge < -0.3 is 139 Å². The molecule has 6 aliphatic rings. The minimum absolute atomic E-state index is 0.0250. The lowest BCUT2D eigenvalue weighted by Gasteiger charge is -2.51. The summed E-state index contributed by atoms with van der Waals surface area (Å²) in [7, 11) is 0.999. The number of aliphatic hydroxyl groups is 12. The Morgan fingerprint density at radius 1 is 0.393 bits per heavy atom. The van der Waals surface area contributed by atoms with Gasteiger partial charge in [0.05, 0.1) is 32.0 Å². The molecule has 6 fully saturated rings. The lowest BCUT2D eigenvalue weighted by atomic mass is 9.92. The SMILES string of the molecule is C=C(C)C(=O)NNC(=O)CCCCC(=O)NNC(=O)C1OC(OC2C(O)C(CO)OC(OC3C(C(=O)NNC(=O)CCCCC(=O)NN)OC(OC4C(O)C(CO)OC(OC5C(C(=O)O)OC(OC6C(O)C(CO)OC(C)C6NC(C)=O)C(O)C5O)C4NC(C)=O)C(O)C3O)C2NC(C)=O)C(O)C(O)C1OC. The highest BCUT2D eigenvalue weighted by Gasteiger charge is 2.60. The highest BCUT2D eigenvalue weighted by Crippen LogP contribution is 2.38. The van der Waals surface area contributed by atoms with Crippen LogP contribution < -0.4 is 59.8 Å². The van der Waals surface area contributed by atoms with Crippen molar-refractivity contribution in [3.63, 3.8) is 0 Å². The zero-order chi connectivity index (χ0) is 79.6. The normalized spacial score (nSPS) is 37.1. The molecule has 47 heteroatoms. The second-order valence-corrected chi connectivity index (χ2v) is 25.8. The third-order valence-electron chi connectivity index (χ3n) is 17.7. The molecule has 30 unspecified atom stereocenters. The minimum Gasteiger partial charge on any atom is -0.479 e. The molecule has 30 atom stereocenters. The highest BCUT2D eigenvalue weighted by atomic mass is 16.8. The van der Waals surface area contributed by atoms with Crippen molar-refractivity contribution in [2.75, 3.05) is 26.9 Å². The molecule has 0 aromatic heterocycles. The quantitative estimate of drug-likeness (QED) is 0.0101. The summed E-state index contributed by atoms with van der Waals surface area (Å²) in [6.45, 7) is 6.02. The van der Waals surface area contributed by atoms with E-state index in [1.165, 1.54) is 13.8 Å². The van der Waals surface area contributed by atoms with E-state index in [0.717, 1.165) is 27.9 Å². The van der Waals surface area contributed by atoms with Gasteiger partial charge in [0.25, 0.3) is 17.7 Å². The molecular formula is C60H97N11O36. The van der Waals surface area contributed by atoms with Crippen molar-refractivity contribution in [2.45, 2.75) is 270 Å². The number of unbranched alkanes of at least 4 members (excludes halogenated alkanes) is 2. The molecule has 608 valence electrons. The van der Waals surface area contributed by atoms with Crippen LogP contribution in [0.15, 0.2) is 12.2 Å². The first kappa shape index (κ1) is 88.8. The number of aliphatic carboxylic acids is 1. The number of hydrogen-bond donors (Lipinski definition) is 24. The number of carboxylic acid groups (broad SMARTS) is 1. The molecule has 25 N–H and O–H groups in total. The van der Waals surface area contributed by atoms with Gasteiger partial charge in [-0.2, -0.15) is 0 Å². The number of carbonyl (C=O) groups excluding carboxylic acids is 10. The smallest absolute Gasteiger partial charge is 0.335 e. The van der Waals surface area contributed by atoms with E-state index < -0.39 is 269 Å². The predicted octanol–water partition coefficient (Wildman–Crippen LogP) is -13.7. The number of carbonyl (C=O) groups is 11. The van der Waals surface area contributed by atoms with Crippen LogP contribution in [-0.4, -0.2) is 342 Å². The number of methoxy groups -OCH3 is 1. The number of nitrogens with two attached hydrogens (primary N) is 1. The lowest BCUT2D eigenvalue weighted by molar-refractivity contribution is -0.375. The van der Waals surface area contributed by atoms with Gasteiger partial charge in [-0.05, 0) is 39.5 Å². The van der Waals surface area contributed by atoms with Crippen LogP contribution in [0, 0.1) is 0 Å². The molecule has 0 aromatic rings. The van der Waals surface area contributed by atoms with Crippen LogP contribution in [0.3, 0.4) is 0 Å². The minimum atomic E-state index is -2.60. The maximum Gasteiger partial charge on any atom is 0.335 e. The molecule has 6 heterocycles. The average molecular weight is 1550 g/mol. The second-order valence-electron chi connectivity index (χ2n) is 25.8. The van der Waals surface area contributed by atoms with Crippen LogP contribution in [-0.2, 0) is 110 Å². The first-order valence-electron chi connectivity index (χ1n) is 33.7. The van der Waals surface area contributed by atoms with Crippen molar-refractivity contribution < 1.29 is 176 Å². The van der Waals surface area contributed by atoms with Crippen molar-refractivity contribution in [1.29, 1.82) is 0 Å². The van der Waals surface area contributed by atoms with Crippen molar-refractivity contribution in [3.8, 4) is 0 Å². The van der Waals surface area contributed by atoms with Crippen LogP contribution in [0.5, 0.6) is 0 Å². The van der Waals surface area contributed by atoms with E-state index in [-0.39, 0.29) is 56.9 Å². The van der Waals surface area contributed by atoms with Crippen LogP contribution in [0.1, 0.15) is 86.0 Å². The summed E-state index contributed by atoms with van der Waals surface area (Å²) < 4.78 is 69.9. The third-order valence-corrected chi connectivity index (χ3v) is 17.7. The maximum absolute atomic E-state index is 14.6. The van der Waals surface area contributed by atoms with Gasteiger partial charge >= 0.3 is 5.97 Å². The van der Waals surface area contributed by atoms with E-state index in [1.54, 1.807) is 0 Å². The molecule has 6 saturated heterocycles. The van der Waals surface area contributed by atoms with Gasteiger partial charge in [0.2, 0.25) is 41.4 Å². The molecule has 0 aromatic carbocycles. The fraction of sp³-hybridized carbons (Fsp3) is 0.783. The van der Waals surface area contributed by atoms with Gasteiger partial charge in [-0.1, -0.05) is 6.58 Å². The van der Waals surface area contributed by atoms with Crippen LogP contribution in [0.25, 0.3) is 0 Å². The summed E-state index contributed by atoms with van der Waals surface area (Å²) in [6.07, 6.45) is -58.1. The summed E-state index contributed by atoms with van der Waals surface area (Å²) in [5, 5.41) is 154. The number of carboxylic acids is 1. The lowest BCUT2D eigenvalue weighted by Crippen LogP contribution is -2.72. The van der Waals surface area contributed by atoms with E-state index >= 15 is 0 Å². The molecule has 0 aliphatic carbocycles. The zero-order valence-corrected chi connectivity index (χ0v) is 58.6. The van der Waals surface area contributed by atoms with Crippen molar-refractivity contribution in [1.82, 2.24) is 53.9 Å². The molecular weight excluding hydrogens is 1450 g/mol. The number of nitrogens with one attached hydrogen (secondary N) is 10. The highest BCUT2D eigenvalue weighted by molar-refractivity contribution is 5.93. The number of amides is 10. The van der Waals surface area contributed by atoms with Crippen LogP contribution in [0.4, 0.5) is 0 Å². The van der Waals surface area contributed by atoms with Gasteiger partial charge in [-0.15, -0.1) is 0 Å². The van der Waals surface area contributed by atoms with E-state index in [9.17, 15) is 119 Å².